The fraction of sp³-hybridized carbons (Fsp3) is 0.889. The molecule has 1 rings (SSSR count). The van der Waals surface area contributed by atoms with E-state index in [1.807, 2.05) is 6.92 Å². The van der Waals surface area contributed by atoms with Gasteiger partial charge < -0.3 is 15.8 Å². The molecule has 0 aliphatic heterocycles. The normalized spacial score (nSPS) is 21.1. The second-order valence-electron chi connectivity index (χ2n) is 3.57. The molecule has 0 saturated heterocycles. The Morgan fingerprint density at radius 2 is 2.31 bits per heavy atom. The molecule has 0 aromatic rings. The number of nitrogens with two attached hydrogens (primary N) is 1. The van der Waals surface area contributed by atoms with E-state index >= 15 is 0 Å². The van der Waals surface area contributed by atoms with Gasteiger partial charge in [-0.2, -0.15) is 0 Å². The average molecular weight is 186 g/mol. The van der Waals surface area contributed by atoms with Crippen molar-refractivity contribution >= 4 is 5.91 Å². The molecule has 0 spiro atoms. The Morgan fingerprint density at radius 3 is 2.62 bits per heavy atom. The molecule has 1 aliphatic rings. The Balaban J connectivity index is 2.72. The van der Waals surface area contributed by atoms with Gasteiger partial charge in [0, 0.05) is 7.11 Å². The number of primary amides is 1. The predicted octanol–water partition coefficient (Wildman–Crippen LogP) is -0.124. The van der Waals surface area contributed by atoms with Gasteiger partial charge in [-0.1, -0.05) is 6.92 Å². The SMILES string of the molecule is CCNC(COC)(C(N)=O)C1CC1. The quantitative estimate of drug-likeness (QED) is 0.607. The van der Waals surface area contributed by atoms with Crippen LogP contribution in [0, 0.1) is 5.92 Å². The monoisotopic (exact) mass is 186 g/mol. The molecular formula is C9H18N2O2. The summed E-state index contributed by atoms with van der Waals surface area (Å²) in [4.78, 5) is 11.4. The zero-order valence-corrected chi connectivity index (χ0v) is 8.30. The van der Waals surface area contributed by atoms with Gasteiger partial charge in [0.1, 0.15) is 5.54 Å². The van der Waals surface area contributed by atoms with Crippen LogP contribution in [0.25, 0.3) is 0 Å². The maximum absolute atomic E-state index is 11.4. The highest BCUT2D eigenvalue weighted by Gasteiger charge is 2.49. The molecule has 1 saturated carbocycles. The van der Waals surface area contributed by atoms with E-state index in [4.69, 9.17) is 10.5 Å². The average Bonchev–Trinajstić information content (AvgIpc) is 2.85. The molecule has 13 heavy (non-hydrogen) atoms. The van der Waals surface area contributed by atoms with Crippen LogP contribution < -0.4 is 11.1 Å². The first-order chi connectivity index (χ1) is 6.17. The number of likely N-dealkylation sites (N-methyl/N-ethyl adjacent to an activating group) is 1. The second-order valence-corrected chi connectivity index (χ2v) is 3.57. The number of hydrogen-bond donors (Lipinski definition) is 2. The number of methoxy groups -OCH3 is 1. The van der Waals surface area contributed by atoms with Crippen LogP contribution in [0.4, 0.5) is 0 Å². The van der Waals surface area contributed by atoms with Crippen LogP contribution in [-0.4, -0.2) is 31.7 Å². The van der Waals surface area contributed by atoms with Gasteiger partial charge in [-0.15, -0.1) is 0 Å². The molecule has 1 fully saturated rings. The highest BCUT2D eigenvalue weighted by atomic mass is 16.5. The molecule has 1 aliphatic carbocycles. The Morgan fingerprint density at radius 1 is 1.69 bits per heavy atom. The van der Waals surface area contributed by atoms with E-state index in [-0.39, 0.29) is 5.91 Å². The summed E-state index contributed by atoms with van der Waals surface area (Å²) >= 11 is 0. The lowest BCUT2D eigenvalue weighted by molar-refractivity contribution is -0.127. The van der Waals surface area contributed by atoms with Crippen molar-refractivity contribution in [2.75, 3.05) is 20.3 Å². The van der Waals surface area contributed by atoms with Crippen molar-refractivity contribution in [3.05, 3.63) is 0 Å². The van der Waals surface area contributed by atoms with E-state index in [1.54, 1.807) is 7.11 Å². The molecule has 1 unspecified atom stereocenters. The van der Waals surface area contributed by atoms with Crippen LogP contribution >= 0.6 is 0 Å². The molecular weight excluding hydrogens is 168 g/mol. The molecule has 1 atom stereocenters. The summed E-state index contributed by atoms with van der Waals surface area (Å²) in [5.41, 5.74) is 4.78. The minimum atomic E-state index is -0.622. The van der Waals surface area contributed by atoms with E-state index in [0.717, 1.165) is 19.4 Å². The summed E-state index contributed by atoms with van der Waals surface area (Å²) in [7, 11) is 1.59. The van der Waals surface area contributed by atoms with Gasteiger partial charge in [-0.25, -0.2) is 0 Å². The lowest BCUT2D eigenvalue weighted by Gasteiger charge is -2.30. The van der Waals surface area contributed by atoms with Crippen LogP contribution in [0.3, 0.4) is 0 Å². The Bertz CT molecular complexity index is 184. The number of ether oxygens (including phenoxy) is 1. The topological polar surface area (TPSA) is 64.3 Å². The summed E-state index contributed by atoms with van der Waals surface area (Å²) in [5.74, 6) is 0.0728. The van der Waals surface area contributed by atoms with Crippen molar-refractivity contribution in [3.63, 3.8) is 0 Å². The summed E-state index contributed by atoms with van der Waals surface area (Å²) in [6.45, 7) is 3.08. The Kier molecular flexibility index (Phi) is 3.27. The molecule has 0 bridgehead atoms. The van der Waals surface area contributed by atoms with Gasteiger partial charge in [0.2, 0.25) is 5.91 Å². The molecule has 76 valence electrons. The summed E-state index contributed by atoms with van der Waals surface area (Å²) in [5, 5.41) is 3.16. The van der Waals surface area contributed by atoms with Gasteiger partial charge in [0.25, 0.3) is 0 Å². The van der Waals surface area contributed by atoms with Crippen molar-refractivity contribution in [1.82, 2.24) is 5.32 Å². The van der Waals surface area contributed by atoms with Crippen LogP contribution in [0.15, 0.2) is 0 Å². The number of nitrogens with one attached hydrogen (secondary N) is 1. The maximum Gasteiger partial charge on any atom is 0.240 e. The highest BCUT2D eigenvalue weighted by Crippen LogP contribution is 2.39. The second kappa shape index (κ2) is 4.07. The number of hydrogen-bond acceptors (Lipinski definition) is 3. The van der Waals surface area contributed by atoms with Crippen molar-refractivity contribution < 1.29 is 9.53 Å². The third-order valence-electron chi connectivity index (χ3n) is 2.58. The number of carbonyl (C=O) groups excluding carboxylic acids is 1. The van der Waals surface area contributed by atoms with Crippen LogP contribution in [0.5, 0.6) is 0 Å². The van der Waals surface area contributed by atoms with E-state index < -0.39 is 5.54 Å². The molecule has 4 heteroatoms. The van der Waals surface area contributed by atoms with Crippen LogP contribution in [0.1, 0.15) is 19.8 Å². The summed E-state index contributed by atoms with van der Waals surface area (Å²) in [6.07, 6.45) is 2.14. The molecule has 3 N–H and O–H groups in total. The lowest BCUT2D eigenvalue weighted by Crippen LogP contribution is -2.60. The number of rotatable bonds is 6. The summed E-state index contributed by atoms with van der Waals surface area (Å²) < 4.78 is 5.06. The van der Waals surface area contributed by atoms with E-state index in [0.29, 0.717) is 12.5 Å². The fourth-order valence-corrected chi connectivity index (χ4v) is 1.79. The van der Waals surface area contributed by atoms with Gasteiger partial charge >= 0.3 is 0 Å². The molecule has 0 aromatic carbocycles. The molecule has 0 aromatic heterocycles. The zero-order chi connectivity index (χ0) is 9.90. The van der Waals surface area contributed by atoms with Gasteiger partial charge in [0.15, 0.2) is 0 Å². The number of carbonyl (C=O) groups is 1. The van der Waals surface area contributed by atoms with Gasteiger partial charge in [0.05, 0.1) is 6.61 Å². The van der Waals surface area contributed by atoms with Crippen molar-refractivity contribution in [3.8, 4) is 0 Å². The van der Waals surface area contributed by atoms with Crippen LogP contribution in [0.2, 0.25) is 0 Å². The zero-order valence-electron chi connectivity index (χ0n) is 8.30. The first-order valence-corrected chi connectivity index (χ1v) is 4.71. The van der Waals surface area contributed by atoms with Gasteiger partial charge in [-0.3, -0.25) is 4.79 Å². The van der Waals surface area contributed by atoms with E-state index in [1.165, 1.54) is 0 Å². The minimum absolute atomic E-state index is 0.293. The largest absolute Gasteiger partial charge is 0.382 e. The van der Waals surface area contributed by atoms with E-state index in [9.17, 15) is 4.79 Å². The first-order valence-electron chi connectivity index (χ1n) is 4.71. The smallest absolute Gasteiger partial charge is 0.240 e. The van der Waals surface area contributed by atoms with Crippen molar-refractivity contribution in [1.29, 1.82) is 0 Å². The Hall–Kier alpha value is -0.610. The van der Waals surface area contributed by atoms with E-state index in [2.05, 4.69) is 5.32 Å². The predicted molar refractivity (Wildman–Crippen MR) is 50.2 cm³/mol. The Labute approximate surface area is 78.8 Å². The molecule has 4 nitrogen and oxygen atoms in total. The standard InChI is InChI=1S/C9H18N2O2/c1-3-11-9(6-13-2,8(10)12)7-4-5-7/h7,11H,3-6H2,1-2H3,(H2,10,12). The summed E-state index contributed by atoms with van der Waals surface area (Å²) in [6, 6.07) is 0. The van der Waals surface area contributed by atoms with Gasteiger partial charge in [-0.05, 0) is 25.3 Å². The molecule has 1 amide bonds. The minimum Gasteiger partial charge on any atom is -0.382 e. The highest BCUT2D eigenvalue weighted by molar-refractivity contribution is 5.85. The third kappa shape index (κ3) is 2.00. The lowest BCUT2D eigenvalue weighted by atomic mass is 9.93. The van der Waals surface area contributed by atoms with Crippen molar-refractivity contribution in [2.45, 2.75) is 25.3 Å². The molecule has 0 radical (unpaired) electrons. The number of amides is 1. The first kappa shape index (κ1) is 10.5. The molecule has 0 heterocycles. The van der Waals surface area contributed by atoms with Crippen molar-refractivity contribution in [2.24, 2.45) is 11.7 Å². The third-order valence-corrected chi connectivity index (χ3v) is 2.58. The van der Waals surface area contributed by atoms with Crippen LogP contribution in [-0.2, 0) is 9.53 Å². The fourth-order valence-electron chi connectivity index (χ4n) is 1.79. The maximum atomic E-state index is 11.4.